The zero-order valence-corrected chi connectivity index (χ0v) is 12.8. The molecule has 23 heavy (non-hydrogen) atoms. The van der Waals surface area contributed by atoms with Gasteiger partial charge in [-0.3, -0.25) is 4.79 Å². The van der Waals surface area contributed by atoms with Gasteiger partial charge in [0.2, 0.25) is 0 Å². The third-order valence-electron chi connectivity index (χ3n) is 2.97. The van der Waals surface area contributed by atoms with Gasteiger partial charge < -0.3 is 24.4 Å². The molecule has 1 aromatic heterocycles. The molecule has 1 unspecified atom stereocenters. The largest absolute Gasteiger partial charge is 0.504 e. The van der Waals surface area contributed by atoms with Gasteiger partial charge in [0.25, 0.3) is 5.91 Å². The number of ether oxygens (including phenoxy) is 2. The number of phenols is 1. The van der Waals surface area contributed by atoms with Crippen LogP contribution in [0.15, 0.2) is 28.8 Å². The highest BCUT2D eigenvalue weighted by atomic mass is 16.5. The molecule has 0 saturated carbocycles. The van der Waals surface area contributed by atoms with E-state index in [4.69, 9.17) is 14.0 Å². The molecule has 1 amide bonds. The van der Waals surface area contributed by atoms with Crippen molar-refractivity contribution < 1.29 is 28.7 Å². The number of carbonyl (C=O) groups excluding carboxylic acids is 2. The van der Waals surface area contributed by atoms with Crippen molar-refractivity contribution in [3.63, 3.8) is 0 Å². The summed E-state index contributed by atoms with van der Waals surface area (Å²) in [5.41, 5.74) is -0.0960. The van der Waals surface area contributed by atoms with Crippen molar-refractivity contribution in [3.05, 3.63) is 35.6 Å². The van der Waals surface area contributed by atoms with Crippen molar-refractivity contribution in [2.45, 2.75) is 20.0 Å². The van der Waals surface area contributed by atoms with Crippen LogP contribution in [0.25, 0.3) is 0 Å². The Morgan fingerprint density at radius 2 is 2.13 bits per heavy atom. The number of carbonyl (C=O) groups is 2. The van der Waals surface area contributed by atoms with E-state index >= 15 is 0 Å². The number of para-hydroxylation sites is 1. The second-order valence-electron chi connectivity index (χ2n) is 4.72. The van der Waals surface area contributed by atoms with Crippen LogP contribution in [0.1, 0.15) is 23.0 Å². The van der Waals surface area contributed by atoms with E-state index in [1.807, 2.05) is 0 Å². The van der Waals surface area contributed by atoms with E-state index in [0.717, 1.165) is 0 Å². The van der Waals surface area contributed by atoms with Crippen molar-refractivity contribution in [1.29, 1.82) is 0 Å². The maximum absolute atomic E-state index is 12.1. The number of aryl methyl sites for hydroxylation is 1. The molecule has 122 valence electrons. The molecule has 2 N–H and O–H groups in total. The van der Waals surface area contributed by atoms with Crippen LogP contribution in [0.4, 0.5) is 5.82 Å². The van der Waals surface area contributed by atoms with Crippen LogP contribution in [0.5, 0.6) is 11.5 Å². The molecule has 8 heteroatoms. The zero-order chi connectivity index (χ0) is 17.0. The minimum absolute atomic E-state index is 0.0960. The monoisotopic (exact) mass is 320 g/mol. The van der Waals surface area contributed by atoms with Crippen molar-refractivity contribution in [2.24, 2.45) is 0 Å². The van der Waals surface area contributed by atoms with Gasteiger partial charge in [-0.05, 0) is 26.0 Å². The van der Waals surface area contributed by atoms with Gasteiger partial charge in [-0.2, -0.15) is 0 Å². The van der Waals surface area contributed by atoms with Gasteiger partial charge in [0.05, 0.1) is 7.11 Å². The van der Waals surface area contributed by atoms with Gasteiger partial charge >= 0.3 is 5.97 Å². The molecular formula is C15H16N2O6. The van der Waals surface area contributed by atoms with Gasteiger partial charge in [0, 0.05) is 6.07 Å². The summed E-state index contributed by atoms with van der Waals surface area (Å²) in [6, 6.07) is 5.92. The number of rotatable bonds is 5. The molecular weight excluding hydrogens is 304 g/mol. The number of nitrogens with zero attached hydrogens (tertiary/aromatic N) is 1. The lowest BCUT2D eigenvalue weighted by atomic mass is 10.2. The Morgan fingerprint density at radius 3 is 2.74 bits per heavy atom. The molecule has 0 fully saturated rings. The fourth-order valence-electron chi connectivity index (χ4n) is 1.78. The molecule has 2 aromatic rings. The second-order valence-corrected chi connectivity index (χ2v) is 4.72. The van der Waals surface area contributed by atoms with Gasteiger partial charge in [-0.25, -0.2) is 4.79 Å². The molecule has 0 aliphatic rings. The van der Waals surface area contributed by atoms with Crippen LogP contribution in [-0.2, 0) is 9.53 Å². The van der Waals surface area contributed by atoms with Gasteiger partial charge in [0.15, 0.2) is 23.4 Å². The topological polar surface area (TPSA) is 111 Å². The quantitative estimate of drug-likeness (QED) is 0.809. The summed E-state index contributed by atoms with van der Waals surface area (Å²) in [6.45, 7) is 3.08. The van der Waals surface area contributed by atoms with Crippen LogP contribution in [0, 0.1) is 6.92 Å². The molecule has 2 rings (SSSR count). The minimum Gasteiger partial charge on any atom is -0.504 e. The second kappa shape index (κ2) is 6.82. The molecule has 0 spiro atoms. The molecule has 0 bridgehead atoms. The summed E-state index contributed by atoms with van der Waals surface area (Å²) in [6.07, 6.45) is -1.09. The first-order valence-electron chi connectivity index (χ1n) is 6.73. The fraction of sp³-hybridized carbons (Fsp3) is 0.267. The average Bonchev–Trinajstić information content (AvgIpc) is 2.92. The number of amides is 1. The summed E-state index contributed by atoms with van der Waals surface area (Å²) in [7, 11) is 1.36. The van der Waals surface area contributed by atoms with E-state index in [-0.39, 0.29) is 22.9 Å². The normalized spacial score (nSPS) is 11.6. The standard InChI is InChI=1S/C15H16N2O6/c1-8-7-12(17-23-8)16-14(19)9(2)22-15(20)10-5-4-6-11(21-3)13(10)18/h4-7,9,18H,1-3H3,(H,16,17,19). The third kappa shape index (κ3) is 3.79. The first-order valence-corrected chi connectivity index (χ1v) is 6.73. The minimum atomic E-state index is -1.09. The third-order valence-corrected chi connectivity index (χ3v) is 2.97. The molecule has 8 nitrogen and oxygen atoms in total. The van der Waals surface area contributed by atoms with Gasteiger partial charge in [-0.15, -0.1) is 0 Å². The molecule has 0 radical (unpaired) electrons. The molecule has 0 aliphatic heterocycles. The average molecular weight is 320 g/mol. The lowest BCUT2D eigenvalue weighted by Crippen LogP contribution is -2.30. The number of hydrogen-bond donors (Lipinski definition) is 2. The lowest BCUT2D eigenvalue weighted by Gasteiger charge is -2.13. The number of hydrogen-bond acceptors (Lipinski definition) is 7. The van der Waals surface area contributed by atoms with Crippen LogP contribution >= 0.6 is 0 Å². The summed E-state index contributed by atoms with van der Waals surface area (Å²) >= 11 is 0. The molecule has 1 atom stereocenters. The summed E-state index contributed by atoms with van der Waals surface area (Å²) in [5, 5.41) is 16.0. The number of nitrogens with one attached hydrogen (secondary N) is 1. The Balaban J connectivity index is 2.03. The maximum atomic E-state index is 12.1. The number of aromatic hydroxyl groups is 1. The SMILES string of the molecule is COc1cccc(C(=O)OC(C)C(=O)Nc2cc(C)on2)c1O. The Morgan fingerprint density at radius 1 is 1.39 bits per heavy atom. The molecule has 1 heterocycles. The van der Waals surface area contributed by atoms with Crippen LogP contribution in [0.3, 0.4) is 0 Å². The number of esters is 1. The van der Waals surface area contributed by atoms with E-state index in [0.29, 0.717) is 5.76 Å². The van der Waals surface area contributed by atoms with Crippen molar-refractivity contribution in [3.8, 4) is 11.5 Å². The van der Waals surface area contributed by atoms with Crippen molar-refractivity contribution >= 4 is 17.7 Å². The molecule has 0 saturated heterocycles. The maximum Gasteiger partial charge on any atom is 0.342 e. The molecule has 0 aliphatic carbocycles. The smallest absolute Gasteiger partial charge is 0.342 e. The van der Waals surface area contributed by atoms with Gasteiger partial charge in [0.1, 0.15) is 11.3 Å². The van der Waals surface area contributed by atoms with E-state index in [9.17, 15) is 14.7 Å². The summed E-state index contributed by atoms with van der Waals surface area (Å²) in [5.74, 6) is -0.880. The van der Waals surface area contributed by atoms with Crippen molar-refractivity contribution in [2.75, 3.05) is 12.4 Å². The Labute approximate surface area is 132 Å². The van der Waals surface area contributed by atoms with E-state index < -0.39 is 18.0 Å². The van der Waals surface area contributed by atoms with Crippen LogP contribution < -0.4 is 10.1 Å². The Kier molecular flexibility index (Phi) is 4.85. The predicted molar refractivity (Wildman–Crippen MR) is 79.4 cm³/mol. The first kappa shape index (κ1) is 16.3. The number of benzene rings is 1. The highest BCUT2D eigenvalue weighted by molar-refractivity contribution is 5.98. The zero-order valence-electron chi connectivity index (χ0n) is 12.8. The summed E-state index contributed by atoms with van der Waals surface area (Å²) < 4.78 is 14.8. The number of aromatic nitrogens is 1. The van der Waals surface area contributed by atoms with Crippen LogP contribution in [-0.4, -0.2) is 35.4 Å². The predicted octanol–water partition coefficient (Wildman–Crippen LogP) is 1.88. The van der Waals surface area contributed by atoms with Gasteiger partial charge in [-0.1, -0.05) is 11.2 Å². The highest BCUT2D eigenvalue weighted by Crippen LogP contribution is 2.30. The Bertz CT molecular complexity index is 725. The van der Waals surface area contributed by atoms with E-state index in [2.05, 4.69) is 10.5 Å². The van der Waals surface area contributed by atoms with Crippen LogP contribution in [0.2, 0.25) is 0 Å². The number of methoxy groups -OCH3 is 1. The highest BCUT2D eigenvalue weighted by Gasteiger charge is 2.23. The fourth-order valence-corrected chi connectivity index (χ4v) is 1.78. The number of anilines is 1. The number of phenolic OH excluding ortho intramolecular Hbond substituents is 1. The summed E-state index contributed by atoms with van der Waals surface area (Å²) in [4.78, 5) is 24.0. The van der Waals surface area contributed by atoms with E-state index in [1.165, 1.54) is 38.3 Å². The van der Waals surface area contributed by atoms with E-state index in [1.54, 1.807) is 6.92 Å². The first-order chi connectivity index (χ1) is 10.9. The van der Waals surface area contributed by atoms with Crippen molar-refractivity contribution in [1.82, 2.24) is 5.16 Å². The Hall–Kier alpha value is -3.03. The molecule has 1 aromatic carbocycles. The lowest BCUT2D eigenvalue weighted by molar-refractivity contribution is -0.123.